The number of halogens is 2. The van der Waals surface area contributed by atoms with Crippen LogP contribution in [0.2, 0.25) is 0 Å². The molecule has 82 valence electrons. The van der Waals surface area contributed by atoms with E-state index in [1.165, 1.54) is 0 Å². The van der Waals surface area contributed by atoms with Crippen LogP contribution in [0.25, 0.3) is 10.9 Å². The standard InChI is InChI=1S/C10H6Br2N2O2/c11-10(12)7-4-3-6-2-1-5-13-8(6)9(7)14(15)16/h1-5,10H. The van der Waals surface area contributed by atoms with Gasteiger partial charge in [-0.2, -0.15) is 0 Å². The summed E-state index contributed by atoms with van der Waals surface area (Å²) >= 11 is 6.54. The summed E-state index contributed by atoms with van der Waals surface area (Å²) in [6.07, 6.45) is 1.55. The van der Waals surface area contributed by atoms with E-state index in [0.29, 0.717) is 11.1 Å². The fraction of sp³-hybridized carbons (Fsp3) is 0.100. The molecule has 1 heterocycles. The highest BCUT2D eigenvalue weighted by molar-refractivity contribution is 9.24. The van der Waals surface area contributed by atoms with E-state index in [2.05, 4.69) is 36.8 Å². The van der Waals surface area contributed by atoms with E-state index in [1.807, 2.05) is 6.07 Å². The van der Waals surface area contributed by atoms with Crippen LogP contribution in [0, 0.1) is 10.1 Å². The van der Waals surface area contributed by atoms with Crippen LogP contribution in [0.1, 0.15) is 9.30 Å². The molecule has 0 unspecified atom stereocenters. The number of aromatic nitrogens is 1. The van der Waals surface area contributed by atoms with E-state index >= 15 is 0 Å². The Bertz CT molecular complexity index is 558. The molecular formula is C10H6Br2N2O2. The molecule has 2 aromatic rings. The number of hydrogen-bond acceptors (Lipinski definition) is 3. The normalized spacial score (nSPS) is 10.9. The van der Waals surface area contributed by atoms with E-state index in [4.69, 9.17) is 0 Å². The number of hydrogen-bond donors (Lipinski definition) is 0. The lowest BCUT2D eigenvalue weighted by Gasteiger charge is -2.05. The van der Waals surface area contributed by atoms with E-state index in [0.717, 1.165) is 5.39 Å². The van der Waals surface area contributed by atoms with Crippen molar-refractivity contribution in [1.29, 1.82) is 0 Å². The Balaban J connectivity index is 2.84. The fourth-order valence-electron chi connectivity index (χ4n) is 1.51. The highest BCUT2D eigenvalue weighted by Crippen LogP contribution is 2.38. The van der Waals surface area contributed by atoms with Gasteiger partial charge in [-0.05, 0) is 12.1 Å². The van der Waals surface area contributed by atoms with Gasteiger partial charge in [-0.25, -0.2) is 4.98 Å². The highest BCUT2D eigenvalue weighted by atomic mass is 79.9. The molecule has 0 spiro atoms. The van der Waals surface area contributed by atoms with Crippen LogP contribution >= 0.6 is 31.9 Å². The van der Waals surface area contributed by atoms with Crippen molar-refractivity contribution in [3.63, 3.8) is 0 Å². The van der Waals surface area contributed by atoms with E-state index < -0.39 is 4.92 Å². The van der Waals surface area contributed by atoms with Gasteiger partial charge in [0.25, 0.3) is 0 Å². The summed E-state index contributed by atoms with van der Waals surface area (Å²) in [4.78, 5) is 14.7. The van der Waals surface area contributed by atoms with Crippen LogP contribution in [-0.4, -0.2) is 9.91 Å². The Morgan fingerprint density at radius 2 is 2.06 bits per heavy atom. The third kappa shape index (κ3) is 1.94. The summed E-state index contributed by atoms with van der Waals surface area (Å²) in [5, 5.41) is 11.8. The van der Waals surface area contributed by atoms with Gasteiger partial charge in [0, 0.05) is 11.6 Å². The summed E-state index contributed by atoms with van der Waals surface area (Å²) in [6, 6.07) is 7.10. The monoisotopic (exact) mass is 344 g/mol. The maximum absolute atomic E-state index is 11.1. The van der Waals surface area contributed by atoms with Gasteiger partial charge < -0.3 is 0 Å². The van der Waals surface area contributed by atoms with Crippen LogP contribution in [0.3, 0.4) is 0 Å². The first-order chi connectivity index (χ1) is 7.61. The lowest BCUT2D eigenvalue weighted by Crippen LogP contribution is -1.97. The van der Waals surface area contributed by atoms with Crippen LogP contribution in [0.4, 0.5) is 5.69 Å². The largest absolute Gasteiger partial charge is 0.300 e. The number of nitro benzene ring substituents is 1. The summed E-state index contributed by atoms with van der Waals surface area (Å²) < 4.78 is -0.258. The molecule has 16 heavy (non-hydrogen) atoms. The van der Waals surface area contributed by atoms with Gasteiger partial charge in [-0.3, -0.25) is 10.1 Å². The molecular weight excluding hydrogens is 340 g/mol. The first-order valence-corrected chi connectivity index (χ1v) is 6.24. The fourth-order valence-corrected chi connectivity index (χ4v) is 2.25. The van der Waals surface area contributed by atoms with E-state index in [1.54, 1.807) is 24.4 Å². The van der Waals surface area contributed by atoms with Gasteiger partial charge in [-0.15, -0.1) is 0 Å². The summed E-state index contributed by atoms with van der Waals surface area (Å²) in [5.74, 6) is 0. The Morgan fingerprint density at radius 3 is 2.69 bits per heavy atom. The lowest BCUT2D eigenvalue weighted by atomic mass is 10.1. The maximum Gasteiger partial charge on any atom is 0.300 e. The third-order valence-corrected chi connectivity index (χ3v) is 3.18. The highest BCUT2D eigenvalue weighted by Gasteiger charge is 2.22. The number of benzene rings is 1. The van der Waals surface area contributed by atoms with Crippen molar-refractivity contribution in [2.24, 2.45) is 0 Å². The summed E-state index contributed by atoms with van der Waals surface area (Å²) in [5.41, 5.74) is 1.02. The minimum atomic E-state index is -0.403. The minimum absolute atomic E-state index is 0.0388. The number of nitrogens with zero attached hydrogens (tertiary/aromatic N) is 2. The molecule has 1 aromatic heterocycles. The van der Waals surface area contributed by atoms with Crippen molar-refractivity contribution in [2.75, 3.05) is 0 Å². The molecule has 0 aliphatic heterocycles. The average molecular weight is 346 g/mol. The summed E-state index contributed by atoms with van der Waals surface area (Å²) in [6.45, 7) is 0. The van der Waals surface area contributed by atoms with Crippen molar-refractivity contribution in [3.8, 4) is 0 Å². The summed E-state index contributed by atoms with van der Waals surface area (Å²) in [7, 11) is 0. The van der Waals surface area contributed by atoms with E-state index in [-0.39, 0.29) is 9.42 Å². The van der Waals surface area contributed by atoms with E-state index in [9.17, 15) is 10.1 Å². The first kappa shape index (κ1) is 11.5. The minimum Gasteiger partial charge on any atom is -0.258 e. The molecule has 0 saturated carbocycles. The van der Waals surface area contributed by atoms with Crippen molar-refractivity contribution in [2.45, 2.75) is 3.74 Å². The molecule has 0 aliphatic rings. The molecule has 2 rings (SSSR count). The smallest absolute Gasteiger partial charge is 0.258 e. The second-order valence-corrected chi connectivity index (χ2v) is 6.20. The van der Waals surface area contributed by atoms with Gasteiger partial charge in [0.05, 0.1) is 10.5 Å². The lowest BCUT2D eigenvalue weighted by molar-refractivity contribution is -0.383. The molecule has 1 aromatic carbocycles. The predicted molar refractivity (Wildman–Crippen MR) is 69.0 cm³/mol. The number of alkyl halides is 2. The SMILES string of the molecule is O=[N+]([O-])c1c(C(Br)Br)ccc2cccnc12. The molecule has 0 aliphatic carbocycles. The maximum atomic E-state index is 11.1. The zero-order chi connectivity index (χ0) is 11.7. The Kier molecular flexibility index (Phi) is 3.20. The average Bonchev–Trinajstić information content (AvgIpc) is 2.27. The molecule has 0 bridgehead atoms. The zero-order valence-electron chi connectivity index (χ0n) is 7.93. The molecule has 0 amide bonds. The molecule has 0 fully saturated rings. The quantitative estimate of drug-likeness (QED) is 0.470. The van der Waals surface area contributed by atoms with Crippen LogP contribution in [-0.2, 0) is 0 Å². The first-order valence-electron chi connectivity index (χ1n) is 4.41. The topological polar surface area (TPSA) is 56.0 Å². The predicted octanol–water partition coefficient (Wildman–Crippen LogP) is 3.93. The molecule has 0 N–H and O–H groups in total. The zero-order valence-corrected chi connectivity index (χ0v) is 11.1. The van der Waals surface area contributed by atoms with Gasteiger partial charge in [0.1, 0.15) is 9.25 Å². The number of rotatable bonds is 2. The van der Waals surface area contributed by atoms with Crippen molar-refractivity contribution in [3.05, 3.63) is 46.1 Å². The molecule has 0 saturated heterocycles. The Morgan fingerprint density at radius 1 is 1.31 bits per heavy atom. The second-order valence-electron chi connectivity index (χ2n) is 3.14. The van der Waals surface area contributed by atoms with Gasteiger partial charge in [0.2, 0.25) is 0 Å². The Labute approximate surface area is 108 Å². The molecule has 4 nitrogen and oxygen atoms in total. The Hall–Kier alpha value is -1.01. The van der Waals surface area contributed by atoms with Gasteiger partial charge in [-0.1, -0.05) is 44.0 Å². The molecule has 6 heteroatoms. The van der Waals surface area contributed by atoms with Crippen LogP contribution in [0.5, 0.6) is 0 Å². The number of pyridine rings is 1. The number of nitro groups is 1. The van der Waals surface area contributed by atoms with Crippen molar-refractivity contribution >= 4 is 48.5 Å². The third-order valence-electron chi connectivity index (χ3n) is 2.20. The molecule has 0 atom stereocenters. The van der Waals surface area contributed by atoms with Crippen molar-refractivity contribution < 1.29 is 4.92 Å². The van der Waals surface area contributed by atoms with Gasteiger partial charge in [0.15, 0.2) is 0 Å². The van der Waals surface area contributed by atoms with Crippen molar-refractivity contribution in [1.82, 2.24) is 4.98 Å². The van der Waals surface area contributed by atoms with Crippen LogP contribution in [0.15, 0.2) is 30.5 Å². The second kappa shape index (κ2) is 4.47. The number of fused-ring (bicyclic) bond motifs is 1. The van der Waals surface area contributed by atoms with Crippen LogP contribution < -0.4 is 0 Å². The van der Waals surface area contributed by atoms with Gasteiger partial charge >= 0.3 is 5.69 Å². The molecule has 0 radical (unpaired) electrons.